The maximum absolute atomic E-state index is 5.77. The predicted molar refractivity (Wildman–Crippen MR) is 76.0 cm³/mol. The van der Waals surface area contributed by atoms with Gasteiger partial charge in [0.25, 0.3) is 0 Å². The summed E-state index contributed by atoms with van der Waals surface area (Å²) < 4.78 is 1.83. The Morgan fingerprint density at radius 2 is 1.53 bits per heavy atom. The number of benzene rings is 1. The van der Waals surface area contributed by atoms with Gasteiger partial charge < -0.3 is 0 Å². The second-order valence-corrected chi connectivity index (χ2v) is 3.38. The zero-order chi connectivity index (χ0) is 13.3. The minimum absolute atomic E-state index is 0.743. The summed E-state index contributed by atoms with van der Waals surface area (Å²) in [7, 11) is 0. The molecule has 0 saturated carbocycles. The maximum Gasteiger partial charge on any atom is 0.0646 e. The van der Waals surface area contributed by atoms with Crippen molar-refractivity contribution in [2.75, 3.05) is 0 Å². The summed E-state index contributed by atoms with van der Waals surface area (Å²) in [6.07, 6.45) is 3.80. The fraction of sp³-hybridized carbons (Fsp3) is 0.357. The number of aromatic nitrogens is 2. The summed E-state index contributed by atoms with van der Waals surface area (Å²) >= 11 is 5.77. The Morgan fingerprint density at radius 3 is 1.94 bits per heavy atom. The number of hydrogen-bond acceptors (Lipinski definition) is 1. The van der Waals surface area contributed by atoms with Gasteiger partial charge in [0.1, 0.15) is 0 Å². The molecule has 0 radical (unpaired) electrons. The first-order chi connectivity index (χ1) is 8.25. The molecule has 0 saturated heterocycles. The highest BCUT2D eigenvalue weighted by molar-refractivity contribution is 6.30. The molecule has 0 spiro atoms. The summed E-state index contributed by atoms with van der Waals surface area (Å²) in [4.78, 5) is 0. The van der Waals surface area contributed by atoms with Gasteiger partial charge in [-0.15, -0.1) is 0 Å². The fourth-order valence-corrected chi connectivity index (χ4v) is 1.27. The van der Waals surface area contributed by atoms with Gasteiger partial charge in [-0.3, -0.25) is 0 Å². The Hall–Kier alpha value is -1.28. The maximum atomic E-state index is 5.77. The number of halogens is 1. The van der Waals surface area contributed by atoms with E-state index in [1.165, 1.54) is 0 Å². The summed E-state index contributed by atoms with van der Waals surface area (Å²) in [5.41, 5.74) is 2.17. The third-order valence-corrected chi connectivity index (χ3v) is 2.05. The molecule has 0 N–H and O–H groups in total. The van der Waals surface area contributed by atoms with Crippen molar-refractivity contribution in [1.82, 2.24) is 9.78 Å². The third kappa shape index (κ3) is 5.05. The van der Waals surface area contributed by atoms with Crippen LogP contribution in [0.25, 0.3) is 5.69 Å². The van der Waals surface area contributed by atoms with Gasteiger partial charge in [-0.05, 0) is 36.8 Å². The minimum Gasteiger partial charge on any atom is -0.241 e. The Balaban J connectivity index is 0.000000581. The van der Waals surface area contributed by atoms with Crippen LogP contribution in [0.2, 0.25) is 5.02 Å². The summed E-state index contributed by atoms with van der Waals surface area (Å²) in [5, 5.41) is 4.93. The Kier molecular flexibility index (Phi) is 8.16. The number of aryl methyl sites for hydroxylation is 1. The molecule has 1 aromatic heterocycles. The van der Waals surface area contributed by atoms with E-state index in [9.17, 15) is 0 Å². The van der Waals surface area contributed by atoms with Crippen LogP contribution in [0, 0.1) is 6.92 Å². The van der Waals surface area contributed by atoms with Crippen molar-refractivity contribution in [2.45, 2.75) is 34.6 Å². The highest BCUT2D eigenvalue weighted by atomic mass is 35.5. The Morgan fingerprint density at radius 1 is 1.00 bits per heavy atom. The van der Waals surface area contributed by atoms with Gasteiger partial charge in [0, 0.05) is 11.2 Å². The third-order valence-electron chi connectivity index (χ3n) is 1.80. The van der Waals surface area contributed by atoms with Crippen molar-refractivity contribution >= 4 is 11.6 Å². The van der Waals surface area contributed by atoms with E-state index in [0.29, 0.717) is 0 Å². The molecule has 0 fully saturated rings. The molecular formula is C14H21ClN2. The molecule has 3 heteroatoms. The van der Waals surface area contributed by atoms with Crippen molar-refractivity contribution in [3.05, 3.63) is 47.2 Å². The van der Waals surface area contributed by atoms with E-state index >= 15 is 0 Å². The normalized spacial score (nSPS) is 8.59. The van der Waals surface area contributed by atoms with Crippen LogP contribution in [0.3, 0.4) is 0 Å². The molecule has 2 aromatic rings. The predicted octanol–water partition coefficient (Wildman–Crippen LogP) is 4.89. The lowest BCUT2D eigenvalue weighted by atomic mass is 10.3. The van der Waals surface area contributed by atoms with Gasteiger partial charge in [0.2, 0.25) is 0 Å². The lowest BCUT2D eigenvalue weighted by molar-refractivity contribution is 0.880. The van der Waals surface area contributed by atoms with E-state index in [1.54, 1.807) is 0 Å². The van der Waals surface area contributed by atoms with Crippen LogP contribution in [0.4, 0.5) is 0 Å². The van der Waals surface area contributed by atoms with Gasteiger partial charge in [-0.25, -0.2) is 4.68 Å². The highest BCUT2D eigenvalue weighted by Gasteiger charge is 1.96. The standard InChI is InChI=1S/C10H9ClN2.2C2H6/c1-8-6-12-13(7-8)10-4-2-9(11)3-5-10;2*1-2/h2-7H,1H3;2*1-2H3. The van der Waals surface area contributed by atoms with Crippen LogP contribution in [0.15, 0.2) is 36.7 Å². The van der Waals surface area contributed by atoms with Crippen molar-refractivity contribution in [3.8, 4) is 5.69 Å². The van der Waals surface area contributed by atoms with Crippen LogP contribution in [-0.4, -0.2) is 9.78 Å². The van der Waals surface area contributed by atoms with E-state index in [1.807, 2.05) is 76.0 Å². The van der Waals surface area contributed by atoms with E-state index < -0.39 is 0 Å². The molecule has 0 aliphatic carbocycles. The smallest absolute Gasteiger partial charge is 0.0646 e. The molecule has 17 heavy (non-hydrogen) atoms. The molecule has 0 amide bonds. The molecule has 1 aromatic carbocycles. The molecule has 2 nitrogen and oxygen atoms in total. The van der Waals surface area contributed by atoms with Crippen LogP contribution in [0.1, 0.15) is 33.3 Å². The van der Waals surface area contributed by atoms with Crippen molar-refractivity contribution in [1.29, 1.82) is 0 Å². The molecule has 2 rings (SSSR count). The van der Waals surface area contributed by atoms with Crippen LogP contribution in [-0.2, 0) is 0 Å². The zero-order valence-corrected chi connectivity index (χ0v) is 12.0. The van der Waals surface area contributed by atoms with E-state index in [4.69, 9.17) is 11.6 Å². The van der Waals surface area contributed by atoms with Gasteiger partial charge in [-0.2, -0.15) is 5.10 Å². The molecule has 0 aliphatic rings. The lowest BCUT2D eigenvalue weighted by Gasteiger charge is -1.99. The summed E-state index contributed by atoms with van der Waals surface area (Å²) in [6, 6.07) is 7.59. The van der Waals surface area contributed by atoms with E-state index in [2.05, 4.69) is 5.10 Å². The second kappa shape index (κ2) is 8.82. The number of rotatable bonds is 1. The lowest BCUT2D eigenvalue weighted by Crippen LogP contribution is -1.92. The zero-order valence-electron chi connectivity index (χ0n) is 11.2. The van der Waals surface area contributed by atoms with Gasteiger partial charge in [-0.1, -0.05) is 39.3 Å². The molecule has 0 atom stereocenters. The van der Waals surface area contributed by atoms with E-state index in [-0.39, 0.29) is 0 Å². The first kappa shape index (κ1) is 15.7. The second-order valence-electron chi connectivity index (χ2n) is 2.94. The molecule has 0 bridgehead atoms. The average Bonchev–Trinajstić information content (AvgIpc) is 2.82. The quantitative estimate of drug-likeness (QED) is 0.707. The SMILES string of the molecule is CC.CC.Cc1cnn(-c2ccc(Cl)cc2)c1. The largest absolute Gasteiger partial charge is 0.241 e. The van der Waals surface area contributed by atoms with Crippen LogP contribution >= 0.6 is 11.6 Å². The minimum atomic E-state index is 0.743. The van der Waals surface area contributed by atoms with E-state index in [0.717, 1.165) is 16.3 Å². The molecular weight excluding hydrogens is 232 g/mol. The highest BCUT2D eigenvalue weighted by Crippen LogP contribution is 2.12. The first-order valence-corrected chi connectivity index (χ1v) is 6.41. The summed E-state index contributed by atoms with van der Waals surface area (Å²) in [6.45, 7) is 10.0. The molecule has 0 unspecified atom stereocenters. The van der Waals surface area contributed by atoms with Gasteiger partial charge in [0.05, 0.1) is 11.9 Å². The fourth-order valence-electron chi connectivity index (χ4n) is 1.15. The first-order valence-electron chi connectivity index (χ1n) is 6.03. The topological polar surface area (TPSA) is 17.8 Å². The monoisotopic (exact) mass is 252 g/mol. The number of nitrogens with zero attached hydrogens (tertiary/aromatic N) is 2. The molecule has 94 valence electrons. The average molecular weight is 253 g/mol. The Labute approximate surface area is 109 Å². The van der Waals surface area contributed by atoms with Crippen molar-refractivity contribution in [3.63, 3.8) is 0 Å². The molecule has 0 aliphatic heterocycles. The van der Waals surface area contributed by atoms with Crippen LogP contribution in [0.5, 0.6) is 0 Å². The van der Waals surface area contributed by atoms with Crippen molar-refractivity contribution in [2.24, 2.45) is 0 Å². The van der Waals surface area contributed by atoms with Gasteiger partial charge in [0.15, 0.2) is 0 Å². The molecule has 1 heterocycles. The van der Waals surface area contributed by atoms with Crippen LogP contribution < -0.4 is 0 Å². The number of hydrogen-bond donors (Lipinski definition) is 0. The van der Waals surface area contributed by atoms with Crippen molar-refractivity contribution < 1.29 is 0 Å². The Bertz CT molecular complexity index is 404. The van der Waals surface area contributed by atoms with Gasteiger partial charge >= 0.3 is 0 Å². The summed E-state index contributed by atoms with van der Waals surface area (Å²) in [5.74, 6) is 0.